The summed E-state index contributed by atoms with van der Waals surface area (Å²) in [5.74, 6) is 13.3. The van der Waals surface area contributed by atoms with Crippen LogP contribution in [0.25, 0.3) is 20.5 Å². The molecule has 0 aliphatic carbocycles. The highest BCUT2D eigenvalue weighted by molar-refractivity contribution is 7.22. The molecule has 4 aromatic rings. The third kappa shape index (κ3) is 5.82. The van der Waals surface area contributed by atoms with Gasteiger partial charge in [-0.25, -0.2) is 0 Å². The van der Waals surface area contributed by atoms with Gasteiger partial charge in [0.2, 0.25) is 0 Å². The first-order chi connectivity index (χ1) is 15.8. The van der Waals surface area contributed by atoms with Crippen molar-refractivity contribution in [2.75, 3.05) is 6.61 Å². The van der Waals surface area contributed by atoms with Crippen molar-refractivity contribution in [1.29, 1.82) is 0 Å². The molecule has 3 aromatic carbocycles. The molecule has 0 amide bonds. The largest absolute Gasteiger partial charge is 0.494 e. The Hall–Kier alpha value is -3.46. The van der Waals surface area contributed by atoms with Crippen LogP contribution in [0, 0.1) is 23.7 Å². The summed E-state index contributed by atoms with van der Waals surface area (Å²) in [4.78, 5) is 1.23. The fraction of sp³-hybridized carbons (Fsp3) is 0.200. The number of rotatable bonds is 7. The van der Waals surface area contributed by atoms with E-state index in [1.807, 2.05) is 30.3 Å². The molecule has 0 saturated heterocycles. The van der Waals surface area contributed by atoms with Crippen LogP contribution in [0.15, 0.2) is 78.9 Å². The van der Waals surface area contributed by atoms with Gasteiger partial charge in [-0.05, 0) is 66.1 Å². The van der Waals surface area contributed by atoms with Crippen molar-refractivity contribution in [3.8, 4) is 39.9 Å². The molecular formula is C30H26OS. The van der Waals surface area contributed by atoms with E-state index in [0.29, 0.717) is 0 Å². The Labute approximate surface area is 195 Å². The highest BCUT2D eigenvalue weighted by Gasteiger charge is 2.07. The standard InChI is InChI=1S/C30H26OS/c1-2-3-4-11-22-31-27-20-18-24(19-21-27)12-5-6-13-25-14-7-9-16-28(25)30-23-26-15-8-10-17-29(26)32-30/h7-10,14-21,23H,2-4,11,22H2,1H3. The summed E-state index contributed by atoms with van der Waals surface area (Å²) in [5.41, 5.74) is 3.10. The van der Waals surface area contributed by atoms with Crippen LogP contribution in [0.2, 0.25) is 0 Å². The average Bonchev–Trinajstić information content (AvgIpc) is 3.27. The van der Waals surface area contributed by atoms with Gasteiger partial charge in [0, 0.05) is 26.3 Å². The van der Waals surface area contributed by atoms with E-state index in [0.717, 1.165) is 35.5 Å². The van der Waals surface area contributed by atoms with E-state index in [4.69, 9.17) is 4.74 Å². The van der Waals surface area contributed by atoms with Gasteiger partial charge in [0.15, 0.2) is 0 Å². The topological polar surface area (TPSA) is 9.23 Å². The average molecular weight is 435 g/mol. The van der Waals surface area contributed by atoms with Gasteiger partial charge >= 0.3 is 0 Å². The van der Waals surface area contributed by atoms with E-state index in [2.05, 4.69) is 79.1 Å². The smallest absolute Gasteiger partial charge is 0.119 e. The summed E-state index contributed by atoms with van der Waals surface area (Å²) in [6.07, 6.45) is 4.85. The molecule has 0 aliphatic rings. The highest BCUT2D eigenvalue weighted by Crippen LogP contribution is 2.34. The van der Waals surface area contributed by atoms with E-state index in [9.17, 15) is 0 Å². The molecule has 32 heavy (non-hydrogen) atoms. The minimum atomic E-state index is 0.774. The minimum absolute atomic E-state index is 0.774. The summed E-state index contributed by atoms with van der Waals surface area (Å²) in [6, 6.07) is 26.9. The Morgan fingerprint density at radius 3 is 2.41 bits per heavy atom. The Balaban J connectivity index is 1.42. The van der Waals surface area contributed by atoms with Crippen molar-refractivity contribution in [2.45, 2.75) is 32.6 Å². The van der Waals surface area contributed by atoms with Crippen LogP contribution in [0.5, 0.6) is 5.75 Å². The van der Waals surface area contributed by atoms with Gasteiger partial charge in [-0.2, -0.15) is 0 Å². The van der Waals surface area contributed by atoms with Crippen LogP contribution in [-0.2, 0) is 0 Å². The molecule has 4 rings (SSSR count). The number of ether oxygens (including phenoxy) is 1. The van der Waals surface area contributed by atoms with E-state index in [-0.39, 0.29) is 0 Å². The van der Waals surface area contributed by atoms with E-state index >= 15 is 0 Å². The second-order valence-corrected chi connectivity index (χ2v) is 8.71. The first-order valence-corrected chi connectivity index (χ1v) is 12.0. The first kappa shape index (κ1) is 21.8. The molecule has 0 saturated carbocycles. The van der Waals surface area contributed by atoms with Gasteiger partial charge in [0.25, 0.3) is 0 Å². The summed E-state index contributed by atoms with van der Waals surface area (Å²) >= 11 is 1.80. The van der Waals surface area contributed by atoms with Crippen molar-refractivity contribution in [2.24, 2.45) is 0 Å². The zero-order chi connectivity index (χ0) is 22.0. The maximum absolute atomic E-state index is 5.79. The van der Waals surface area contributed by atoms with Crippen LogP contribution in [-0.4, -0.2) is 6.61 Å². The van der Waals surface area contributed by atoms with Crippen LogP contribution in [0.1, 0.15) is 43.7 Å². The molecule has 0 unspecified atom stereocenters. The molecule has 0 aliphatic heterocycles. The molecular weight excluding hydrogens is 408 g/mol. The molecule has 0 N–H and O–H groups in total. The van der Waals surface area contributed by atoms with Crippen molar-refractivity contribution >= 4 is 21.4 Å². The zero-order valence-electron chi connectivity index (χ0n) is 18.4. The highest BCUT2D eigenvalue weighted by atomic mass is 32.1. The van der Waals surface area contributed by atoms with E-state index < -0.39 is 0 Å². The molecule has 2 heteroatoms. The molecule has 0 atom stereocenters. The van der Waals surface area contributed by atoms with Crippen LogP contribution in [0.3, 0.4) is 0 Å². The maximum Gasteiger partial charge on any atom is 0.119 e. The fourth-order valence-corrected chi connectivity index (χ4v) is 4.58. The van der Waals surface area contributed by atoms with Crippen LogP contribution < -0.4 is 4.74 Å². The van der Waals surface area contributed by atoms with Gasteiger partial charge < -0.3 is 4.74 Å². The predicted molar refractivity (Wildman–Crippen MR) is 137 cm³/mol. The van der Waals surface area contributed by atoms with E-state index in [1.165, 1.54) is 34.2 Å². The number of unbranched alkanes of at least 4 members (excludes halogenated alkanes) is 3. The number of thiophene rings is 1. The lowest BCUT2D eigenvalue weighted by Gasteiger charge is -2.05. The Morgan fingerprint density at radius 1 is 0.781 bits per heavy atom. The van der Waals surface area contributed by atoms with Crippen LogP contribution >= 0.6 is 11.3 Å². The van der Waals surface area contributed by atoms with Gasteiger partial charge in [-0.3, -0.25) is 0 Å². The molecule has 1 nitrogen and oxygen atoms in total. The number of hydrogen-bond acceptors (Lipinski definition) is 2. The fourth-order valence-electron chi connectivity index (χ4n) is 3.48. The number of fused-ring (bicyclic) bond motifs is 1. The van der Waals surface area contributed by atoms with Crippen molar-refractivity contribution in [3.05, 3.63) is 90.0 Å². The first-order valence-electron chi connectivity index (χ1n) is 11.2. The third-order valence-corrected chi connectivity index (χ3v) is 6.35. The summed E-state index contributed by atoms with van der Waals surface area (Å²) in [7, 11) is 0. The SMILES string of the molecule is CCCCCCOc1ccc(C#CC#Cc2ccccc2-c2cc3ccccc3s2)cc1. The quantitative estimate of drug-likeness (QED) is 0.212. The van der Waals surface area contributed by atoms with Gasteiger partial charge in [0.05, 0.1) is 6.61 Å². The normalized spacial score (nSPS) is 10.2. The van der Waals surface area contributed by atoms with Crippen molar-refractivity contribution in [1.82, 2.24) is 0 Å². The molecule has 0 radical (unpaired) electrons. The Morgan fingerprint density at radius 2 is 1.56 bits per heavy atom. The Bertz CT molecular complexity index is 1260. The molecule has 0 fully saturated rings. The lowest BCUT2D eigenvalue weighted by Crippen LogP contribution is -1.96. The van der Waals surface area contributed by atoms with Crippen LogP contribution in [0.4, 0.5) is 0 Å². The van der Waals surface area contributed by atoms with Crippen molar-refractivity contribution < 1.29 is 4.74 Å². The molecule has 0 bridgehead atoms. The second kappa shape index (κ2) is 11.2. The third-order valence-electron chi connectivity index (χ3n) is 5.21. The van der Waals surface area contributed by atoms with Gasteiger partial charge in [0.1, 0.15) is 5.75 Å². The van der Waals surface area contributed by atoms with Gasteiger partial charge in [-0.15, -0.1) is 11.3 Å². The maximum atomic E-state index is 5.79. The number of hydrogen-bond donors (Lipinski definition) is 0. The minimum Gasteiger partial charge on any atom is -0.494 e. The summed E-state index contributed by atoms with van der Waals surface area (Å²) in [5, 5.41) is 1.27. The summed E-state index contributed by atoms with van der Waals surface area (Å²) < 4.78 is 7.08. The lowest BCUT2D eigenvalue weighted by atomic mass is 10.1. The van der Waals surface area contributed by atoms with Gasteiger partial charge in [-0.1, -0.05) is 74.4 Å². The molecule has 1 aromatic heterocycles. The molecule has 1 heterocycles. The zero-order valence-corrected chi connectivity index (χ0v) is 19.2. The van der Waals surface area contributed by atoms with Crippen molar-refractivity contribution in [3.63, 3.8) is 0 Å². The summed E-state index contributed by atoms with van der Waals surface area (Å²) in [6.45, 7) is 2.99. The molecule has 158 valence electrons. The monoisotopic (exact) mass is 434 g/mol. The number of benzene rings is 3. The predicted octanol–water partition coefficient (Wildman–Crippen LogP) is 7.93. The Kier molecular flexibility index (Phi) is 7.64. The van der Waals surface area contributed by atoms with E-state index in [1.54, 1.807) is 11.3 Å². The molecule has 0 spiro atoms. The second-order valence-electron chi connectivity index (χ2n) is 7.63. The lowest BCUT2D eigenvalue weighted by molar-refractivity contribution is 0.305.